The van der Waals surface area contributed by atoms with E-state index in [1.807, 2.05) is 48.5 Å². The number of hydrogen-bond acceptors (Lipinski definition) is 5. The Labute approximate surface area is 133 Å². The molecule has 3 rings (SSSR count). The van der Waals surface area contributed by atoms with Crippen molar-refractivity contribution in [3.05, 3.63) is 71.3 Å². The van der Waals surface area contributed by atoms with E-state index in [-0.39, 0.29) is 11.7 Å². The molecule has 0 bridgehead atoms. The van der Waals surface area contributed by atoms with Crippen molar-refractivity contribution >= 4 is 17.3 Å². The lowest BCUT2D eigenvalue weighted by Gasteiger charge is -2.11. The maximum Gasteiger partial charge on any atom is 0.268 e. The molecule has 2 aromatic rings. The summed E-state index contributed by atoms with van der Waals surface area (Å²) in [6.07, 6.45) is -0.339. The Morgan fingerprint density at radius 3 is 2.52 bits per heavy atom. The van der Waals surface area contributed by atoms with Crippen LogP contribution in [0.25, 0.3) is 5.70 Å². The number of nitrogens with one attached hydrogen (secondary N) is 3. The lowest BCUT2D eigenvalue weighted by atomic mass is 10.0. The molecule has 6 nitrogen and oxygen atoms in total. The molecule has 1 amide bonds. The van der Waals surface area contributed by atoms with Gasteiger partial charge in [0.25, 0.3) is 5.91 Å². The SMILES string of the molecule is N#CC(C(=O)Nc1ccccc1)=C1NC(NN)c2ccccc21. The van der Waals surface area contributed by atoms with Crippen LogP contribution in [0.3, 0.4) is 0 Å². The summed E-state index contributed by atoms with van der Waals surface area (Å²) in [5, 5.41) is 15.3. The summed E-state index contributed by atoms with van der Waals surface area (Å²) in [7, 11) is 0. The Hall–Kier alpha value is -3.14. The molecule has 6 heteroatoms. The van der Waals surface area contributed by atoms with Gasteiger partial charge in [0.2, 0.25) is 0 Å². The van der Waals surface area contributed by atoms with Crippen LogP contribution in [0.4, 0.5) is 5.69 Å². The highest BCUT2D eigenvalue weighted by Crippen LogP contribution is 2.32. The second-order valence-electron chi connectivity index (χ2n) is 5.01. The van der Waals surface area contributed by atoms with Gasteiger partial charge in [-0.05, 0) is 17.7 Å². The standard InChI is InChI=1S/C17H15N5O/c18-10-14(17(23)20-11-6-2-1-3-7-11)15-12-8-4-5-9-13(12)16(21-15)22-19/h1-9,16,21-22H,19H2,(H,20,23). The van der Waals surface area contributed by atoms with E-state index in [4.69, 9.17) is 5.84 Å². The maximum atomic E-state index is 12.5. The Morgan fingerprint density at radius 1 is 1.13 bits per heavy atom. The van der Waals surface area contributed by atoms with Crippen molar-refractivity contribution in [3.8, 4) is 6.07 Å². The first kappa shape index (κ1) is 14.8. The molecule has 0 aromatic heterocycles. The molecule has 0 saturated heterocycles. The van der Waals surface area contributed by atoms with Gasteiger partial charge in [-0.1, -0.05) is 42.5 Å². The zero-order chi connectivity index (χ0) is 16.2. The molecular formula is C17H15N5O. The van der Waals surface area contributed by atoms with Gasteiger partial charge in [-0.2, -0.15) is 5.26 Å². The number of amides is 1. The zero-order valence-corrected chi connectivity index (χ0v) is 12.2. The van der Waals surface area contributed by atoms with Crippen molar-refractivity contribution in [1.29, 1.82) is 5.26 Å². The van der Waals surface area contributed by atoms with E-state index >= 15 is 0 Å². The molecule has 23 heavy (non-hydrogen) atoms. The monoisotopic (exact) mass is 305 g/mol. The van der Waals surface area contributed by atoms with Crippen LogP contribution < -0.4 is 21.9 Å². The van der Waals surface area contributed by atoms with Crippen molar-refractivity contribution in [2.24, 2.45) is 5.84 Å². The van der Waals surface area contributed by atoms with Crippen LogP contribution in [-0.4, -0.2) is 5.91 Å². The number of nitrogens with two attached hydrogens (primary N) is 1. The van der Waals surface area contributed by atoms with Crippen molar-refractivity contribution in [3.63, 3.8) is 0 Å². The highest BCUT2D eigenvalue weighted by atomic mass is 16.1. The van der Waals surface area contributed by atoms with Gasteiger partial charge in [-0.3, -0.25) is 10.6 Å². The number of anilines is 1. The number of nitriles is 1. The minimum absolute atomic E-state index is 0.0130. The van der Waals surface area contributed by atoms with E-state index in [0.717, 1.165) is 11.1 Å². The zero-order valence-electron chi connectivity index (χ0n) is 12.2. The van der Waals surface area contributed by atoms with Crippen molar-refractivity contribution in [1.82, 2.24) is 10.7 Å². The van der Waals surface area contributed by atoms with E-state index in [1.165, 1.54) is 0 Å². The second-order valence-corrected chi connectivity index (χ2v) is 5.01. The average molecular weight is 305 g/mol. The van der Waals surface area contributed by atoms with Gasteiger partial charge in [0.1, 0.15) is 17.8 Å². The van der Waals surface area contributed by atoms with Gasteiger partial charge in [0.05, 0.1) is 5.70 Å². The van der Waals surface area contributed by atoms with Crippen LogP contribution in [0, 0.1) is 11.3 Å². The number of benzene rings is 2. The van der Waals surface area contributed by atoms with Crippen LogP contribution in [0.15, 0.2) is 60.2 Å². The smallest absolute Gasteiger partial charge is 0.268 e. The van der Waals surface area contributed by atoms with Gasteiger partial charge in [0.15, 0.2) is 0 Å². The quantitative estimate of drug-likeness (QED) is 0.299. The molecular weight excluding hydrogens is 290 g/mol. The number of hydrazine groups is 1. The summed E-state index contributed by atoms with van der Waals surface area (Å²) in [5.41, 5.74) is 5.43. The molecule has 0 radical (unpaired) electrons. The minimum Gasteiger partial charge on any atom is -0.363 e. The molecule has 0 fully saturated rings. The highest BCUT2D eigenvalue weighted by Gasteiger charge is 2.29. The summed E-state index contributed by atoms with van der Waals surface area (Å²) in [6.45, 7) is 0. The van der Waals surface area contributed by atoms with E-state index in [1.54, 1.807) is 12.1 Å². The molecule has 0 saturated carbocycles. The van der Waals surface area contributed by atoms with Crippen LogP contribution in [0.1, 0.15) is 17.3 Å². The van der Waals surface area contributed by atoms with Gasteiger partial charge < -0.3 is 10.6 Å². The van der Waals surface area contributed by atoms with Crippen molar-refractivity contribution < 1.29 is 4.79 Å². The highest BCUT2D eigenvalue weighted by molar-refractivity contribution is 6.12. The largest absolute Gasteiger partial charge is 0.363 e. The third-order valence-corrected chi connectivity index (χ3v) is 3.62. The molecule has 2 aromatic carbocycles. The molecule has 0 aliphatic carbocycles. The van der Waals surface area contributed by atoms with Crippen LogP contribution in [0.2, 0.25) is 0 Å². The number of carbonyl (C=O) groups is 1. The molecule has 1 aliphatic heterocycles. The minimum atomic E-state index is -0.464. The fraction of sp³-hybridized carbons (Fsp3) is 0.0588. The summed E-state index contributed by atoms with van der Waals surface area (Å²) in [6, 6.07) is 18.5. The Balaban J connectivity index is 1.99. The second kappa shape index (κ2) is 6.32. The van der Waals surface area contributed by atoms with Gasteiger partial charge in [-0.15, -0.1) is 0 Å². The maximum absolute atomic E-state index is 12.5. The van der Waals surface area contributed by atoms with Gasteiger partial charge >= 0.3 is 0 Å². The normalized spacial score (nSPS) is 17.7. The number of nitrogens with zero attached hydrogens (tertiary/aromatic N) is 1. The molecule has 1 unspecified atom stereocenters. The van der Waals surface area contributed by atoms with E-state index < -0.39 is 5.91 Å². The van der Waals surface area contributed by atoms with Crippen LogP contribution in [0.5, 0.6) is 0 Å². The van der Waals surface area contributed by atoms with Crippen LogP contribution in [-0.2, 0) is 4.79 Å². The number of fused-ring (bicyclic) bond motifs is 1. The molecule has 5 N–H and O–H groups in total. The Morgan fingerprint density at radius 2 is 1.83 bits per heavy atom. The third kappa shape index (κ3) is 2.79. The first-order valence-electron chi connectivity index (χ1n) is 7.07. The summed E-state index contributed by atoms with van der Waals surface area (Å²) in [5.74, 6) is 5.07. The molecule has 1 atom stereocenters. The molecule has 114 valence electrons. The number of hydrogen-bond donors (Lipinski definition) is 4. The van der Waals surface area contributed by atoms with Crippen molar-refractivity contribution in [2.45, 2.75) is 6.17 Å². The van der Waals surface area contributed by atoms with E-state index in [2.05, 4.69) is 16.1 Å². The first-order valence-corrected chi connectivity index (χ1v) is 7.07. The lowest BCUT2D eigenvalue weighted by molar-refractivity contribution is -0.112. The van der Waals surface area contributed by atoms with Gasteiger partial charge in [0, 0.05) is 11.3 Å². The molecule has 1 aliphatic rings. The summed E-state index contributed by atoms with van der Waals surface area (Å²) >= 11 is 0. The predicted octanol–water partition coefficient (Wildman–Crippen LogP) is 1.63. The number of carbonyl (C=O) groups excluding carboxylic acids is 1. The number of rotatable bonds is 3. The predicted molar refractivity (Wildman–Crippen MR) is 87.2 cm³/mol. The third-order valence-electron chi connectivity index (χ3n) is 3.62. The Kier molecular flexibility index (Phi) is 4.06. The topological polar surface area (TPSA) is 103 Å². The lowest BCUT2D eigenvalue weighted by Crippen LogP contribution is -2.34. The van der Waals surface area contributed by atoms with Crippen molar-refractivity contribution in [2.75, 3.05) is 5.32 Å². The fourth-order valence-corrected chi connectivity index (χ4v) is 2.55. The fourth-order valence-electron chi connectivity index (χ4n) is 2.55. The average Bonchev–Trinajstić information content (AvgIpc) is 2.95. The van der Waals surface area contributed by atoms with E-state index in [0.29, 0.717) is 11.4 Å². The summed E-state index contributed by atoms with van der Waals surface area (Å²) in [4.78, 5) is 12.5. The van der Waals surface area contributed by atoms with Gasteiger partial charge in [-0.25, -0.2) is 5.43 Å². The van der Waals surface area contributed by atoms with Crippen LogP contribution >= 0.6 is 0 Å². The molecule has 0 spiro atoms. The Bertz CT molecular complexity index is 807. The number of para-hydroxylation sites is 1. The van der Waals surface area contributed by atoms with E-state index in [9.17, 15) is 10.1 Å². The molecule has 1 heterocycles. The summed E-state index contributed by atoms with van der Waals surface area (Å²) < 4.78 is 0. The first-order chi connectivity index (χ1) is 11.2.